The third-order valence-corrected chi connectivity index (χ3v) is 5.81. The molecular formula is C18H27N3O2S. The van der Waals surface area contributed by atoms with Gasteiger partial charge in [-0.1, -0.05) is 20.8 Å². The number of amides is 2. The van der Waals surface area contributed by atoms with Crippen LogP contribution in [0.3, 0.4) is 0 Å². The predicted octanol–water partition coefficient (Wildman–Crippen LogP) is 2.88. The Morgan fingerprint density at radius 3 is 2.75 bits per heavy atom. The highest BCUT2D eigenvalue weighted by atomic mass is 32.1. The first kappa shape index (κ1) is 17.4. The summed E-state index contributed by atoms with van der Waals surface area (Å²) < 4.78 is 0. The maximum Gasteiger partial charge on any atom is 0.225 e. The van der Waals surface area contributed by atoms with Crippen LogP contribution in [0.2, 0.25) is 0 Å². The Morgan fingerprint density at radius 2 is 2.17 bits per heavy atom. The third kappa shape index (κ3) is 3.97. The normalized spacial score (nSPS) is 22.8. The number of likely N-dealkylation sites (tertiary alicyclic amines) is 1. The molecule has 132 valence electrons. The molecule has 5 nitrogen and oxygen atoms in total. The lowest BCUT2D eigenvalue weighted by molar-refractivity contribution is -0.129. The first-order chi connectivity index (χ1) is 11.2. The van der Waals surface area contributed by atoms with E-state index in [0.29, 0.717) is 18.9 Å². The number of aromatic nitrogens is 1. The summed E-state index contributed by atoms with van der Waals surface area (Å²) in [7, 11) is 0. The molecule has 3 rings (SSSR count). The molecular weight excluding hydrogens is 322 g/mol. The van der Waals surface area contributed by atoms with Crippen LogP contribution in [0.1, 0.15) is 63.7 Å². The maximum absolute atomic E-state index is 12.5. The number of carbonyl (C=O) groups is 2. The Morgan fingerprint density at radius 1 is 1.46 bits per heavy atom. The second kappa shape index (κ2) is 6.47. The highest BCUT2D eigenvalue weighted by Crippen LogP contribution is 2.32. The van der Waals surface area contributed by atoms with Crippen molar-refractivity contribution in [1.82, 2.24) is 15.2 Å². The quantitative estimate of drug-likeness (QED) is 0.889. The fourth-order valence-corrected chi connectivity index (χ4v) is 4.01. The first-order valence-electron chi connectivity index (χ1n) is 8.78. The largest absolute Gasteiger partial charge is 0.347 e. The van der Waals surface area contributed by atoms with Crippen molar-refractivity contribution in [2.24, 2.45) is 11.8 Å². The minimum absolute atomic E-state index is 0.0136. The Labute approximate surface area is 147 Å². The molecule has 0 spiro atoms. The van der Waals surface area contributed by atoms with Gasteiger partial charge in [0.25, 0.3) is 0 Å². The van der Waals surface area contributed by atoms with Gasteiger partial charge in [-0.15, -0.1) is 11.3 Å². The molecule has 1 aliphatic carbocycles. The minimum atomic E-state index is -0.222. The van der Waals surface area contributed by atoms with Crippen molar-refractivity contribution in [2.45, 2.75) is 58.4 Å². The summed E-state index contributed by atoms with van der Waals surface area (Å²) in [4.78, 5) is 31.1. The molecule has 2 amide bonds. The second-order valence-corrected chi connectivity index (χ2v) is 9.08. The molecule has 2 atom stereocenters. The fraction of sp³-hybridized carbons (Fsp3) is 0.722. The van der Waals surface area contributed by atoms with E-state index in [0.717, 1.165) is 17.2 Å². The van der Waals surface area contributed by atoms with Gasteiger partial charge in [-0.05, 0) is 25.7 Å². The maximum atomic E-state index is 12.5. The average Bonchev–Trinajstić information content (AvgIpc) is 3.01. The number of thiazole rings is 1. The van der Waals surface area contributed by atoms with E-state index in [1.54, 1.807) is 11.3 Å². The molecule has 0 unspecified atom stereocenters. The zero-order valence-electron chi connectivity index (χ0n) is 15.0. The number of nitrogens with zero attached hydrogens (tertiary/aromatic N) is 2. The zero-order chi connectivity index (χ0) is 17.5. The van der Waals surface area contributed by atoms with Crippen LogP contribution in [0.15, 0.2) is 5.38 Å². The van der Waals surface area contributed by atoms with Gasteiger partial charge in [0.15, 0.2) is 0 Å². The van der Waals surface area contributed by atoms with E-state index in [1.807, 2.05) is 11.8 Å². The highest BCUT2D eigenvalue weighted by molar-refractivity contribution is 7.09. The van der Waals surface area contributed by atoms with Crippen molar-refractivity contribution in [2.75, 3.05) is 13.1 Å². The average molecular weight is 350 g/mol. The summed E-state index contributed by atoms with van der Waals surface area (Å²) in [5.74, 6) is 0.544. The van der Waals surface area contributed by atoms with Crippen LogP contribution in [0.5, 0.6) is 0 Å². The summed E-state index contributed by atoms with van der Waals surface area (Å²) in [6.07, 6.45) is 2.78. The highest BCUT2D eigenvalue weighted by Gasteiger charge is 2.37. The minimum Gasteiger partial charge on any atom is -0.347 e. The summed E-state index contributed by atoms with van der Waals surface area (Å²) in [6, 6.07) is -0.119. The molecule has 0 radical (unpaired) electrons. The number of rotatable bonds is 5. The molecule has 1 N–H and O–H groups in total. The molecule has 2 aliphatic rings. The van der Waals surface area contributed by atoms with E-state index < -0.39 is 0 Å². The molecule has 1 saturated carbocycles. The molecule has 1 aliphatic heterocycles. The SMILES string of the molecule is C[C@H](NC(=O)[C@H]1CC(=O)N(CC2CC2)C1)c1nc(C(C)(C)C)cs1. The van der Waals surface area contributed by atoms with E-state index in [-0.39, 0.29) is 29.2 Å². The topological polar surface area (TPSA) is 62.3 Å². The molecule has 2 heterocycles. The van der Waals surface area contributed by atoms with Crippen molar-refractivity contribution < 1.29 is 9.59 Å². The molecule has 1 aromatic rings. The van der Waals surface area contributed by atoms with Gasteiger partial charge < -0.3 is 10.2 Å². The molecule has 1 saturated heterocycles. The van der Waals surface area contributed by atoms with Crippen LogP contribution in [-0.2, 0) is 15.0 Å². The number of carbonyl (C=O) groups excluding carboxylic acids is 2. The van der Waals surface area contributed by atoms with Gasteiger partial charge in [-0.3, -0.25) is 9.59 Å². The predicted molar refractivity (Wildman–Crippen MR) is 94.8 cm³/mol. The van der Waals surface area contributed by atoms with Gasteiger partial charge in [0, 0.05) is 30.3 Å². The molecule has 6 heteroatoms. The van der Waals surface area contributed by atoms with Gasteiger partial charge in [0.05, 0.1) is 17.7 Å². The standard InChI is InChI=1S/C18H27N3O2S/c1-11(17-20-14(10-24-17)18(2,3)4)19-16(23)13-7-15(22)21(9-13)8-12-5-6-12/h10-13H,5-9H2,1-4H3,(H,19,23)/t11-,13-/m0/s1. The van der Waals surface area contributed by atoms with Gasteiger partial charge in [0.2, 0.25) is 11.8 Å². The van der Waals surface area contributed by atoms with Crippen molar-refractivity contribution >= 4 is 23.2 Å². The van der Waals surface area contributed by atoms with Crippen LogP contribution in [0, 0.1) is 11.8 Å². The Bertz CT molecular complexity index is 630. The lowest BCUT2D eigenvalue weighted by Crippen LogP contribution is -2.35. The number of hydrogen-bond acceptors (Lipinski definition) is 4. The van der Waals surface area contributed by atoms with Gasteiger partial charge in [-0.25, -0.2) is 4.98 Å². The van der Waals surface area contributed by atoms with Crippen LogP contribution >= 0.6 is 11.3 Å². The monoisotopic (exact) mass is 349 g/mol. The Hall–Kier alpha value is -1.43. The van der Waals surface area contributed by atoms with Crippen LogP contribution in [0.4, 0.5) is 0 Å². The zero-order valence-corrected chi connectivity index (χ0v) is 15.8. The summed E-state index contributed by atoms with van der Waals surface area (Å²) in [6.45, 7) is 9.76. The van der Waals surface area contributed by atoms with Gasteiger partial charge in [0.1, 0.15) is 5.01 Å². The van der Waals surface area contributed by atoms with E-state index in [1.165, 1.54) is 12.8 Å². The molecule has 0 bridgehead atoms. The van der Waals surface area contributed by atoms with E-state index in [9.17, 15) is 9.59 Å². The van der Waals surface area contributed by atoms with Crippen LogP contribution < -0.4 is 5.32 Å². The fourth-order valence-electron chi connectivity index (χ4n) is 2.96. The van der Waals surface area contributed by atoms with E-state index in [2.05, 4.69) is 36.5 Å². The molecule has 2 fully saturated rings. The lowest BCUT2D eigenvalue weighted by atomic mass is 9.93. The summed E-state index contributed by atoms with van der Waals surface area (Å²) in [5, 5.41) is 6.03. The Balaban J connectivity index is 1.56. The van der Waals surface area contributed by atoms with Gasteiger partial charge >= 0.3 is 0 Å². The Kier molecular flexibility index (Phi) is 4.69. The number of hydrogen-bond donors (Lipinski definition) is 1. The lowest BCUT2D eigenvalue weighted by Gasteiger charge is -2.18. The van der Waals surface area contributed by atoms with E-state index in [4.69, 9.17) is 0 Å². The molecule has 1 aromatic heterocycles. The van der Waals surface area contributed by atoms with Crippen LogP contribution in [0.25, 0.3) is 0 Å². The second-order valence-electron chi connectivity index (χ2n) is 8.19. The molecule has 24 heavy (non-hydrogen) atoms. The van der Waals surface area contributed by atoms with E-state index >= 15 is 0 Å². The molecule has 0 aromatic carbocycles. The first-order valence-corrected chi connectivity index (χ1v) is 9.66. The summed E-state index contributed by atoms with van der Waals surface area (Å²) in [5.41, 5.74) is 1.06. The van der Waals surface area contributed by atoms with Crippen molar-refractivity contribution in [1.29, 1.82) is 0 Å². The van der Waals surface area contributed by atoms with Crippen LogP contribution in [-0.4, -0.2) is 34.8 Å². The van der Waals surface area contributed by atoms with Crippen molar-refractivity contribution in [3.63, 3.8) is 0 Å². The summed E-state index contributed by atoms with van der Waals surface area (Å²) >= 11 is 1.58. The smallest absolute Gasteiger partial charge is 0.225 e. The van der Waals surface area contributed by atoms with Gasteiger partial charge in [-0.2, -0.15) is 0 Å². The number of nitrogens with one attached hydrogen (secondary N) is 1. The van der Waals surface area contributed by atoms with Crippen molar-refractivity contribution in [3.8, 4) is 0 Å². The van der Waals surface area contributed by atoms with Crippen molar-refractivity contribution in [3.05, 3.63) is 16.1 Å². The third-order valence-electron chi connectivity index (χ3n) is 4.78.